The van der Waals surface area contributed by atoms with E-state index in [1.165, 1.54) is 0 Å². The molecule has 0 saturated heterocycles. The van der Waals surface area contributed by atoms with Crippen molar-refractivity contribution in [3.8, 4) is 0 Å². The molecule has 3 aromatic rings. The Balaban J connectivity index is 2.37. The fourth-order valence-electron chi connectivity index (χ4n) is 2.16. The maximum atomic E-state index is 12.5. The number of benzene rings is 2. The minimum atomic E-state index is 0.0670. The van der Waals surface area contributed by atoms with Gasteiger partial charge in [-0.1, -0.05) is 37.6 Å². The zero-order chi connectivity index (χ0) is 14.3. The van der Waals surface area contributed by atoms with Crippen LogP contribution in [0, 0.1) is 0 Å². The number of fused-ring (bicyclic) bond motifs is 2. The molecule has 1 nitrogen and oxygen atoms in total. The summed E-state index contributed by atoms with van der Waals surface area (Å²) < 4.78 is 1.87. The van der Waals surface area contributed by atoms with Gasteiger partial charge in [-0.25, -0.2) is 0 Å². The highest BCUT2D eigenvalue weighted by Crippen LogP contribution is 2.38. The summed E-state index contributed by atoms with van der Waals surface area (Å²) in [6.45, 7) is 4.27. The molecule has 0 atom stereocenters. The van der Waals surface area contributed by atoms with Crippen molar-refractivity contribution in [1.82, 2.24) is 0 Å². The topological polar surface area (TPSA) is 17.1 Å². The smallest absolute Gasteiger partial charge is 0.195 e. The number of rotatable bonds is 2. The lowest BCUT2D eigenvalue weighted by atomic mass is 10.2. The summed E-state index contributed by atoms with van der Waals surface area (Å²) in [6.07, 6.45) is 0. The van der Waals surface area contributed by atoms with Gasteiger partial charge in [-0.15, -0.1) is 23.1 Å². The van der Waals surface area contributed by atoms with Gasteiger partial charge in [-0.05, 0) is 24.3 Å². The average Bonchev–Trinajstić information content (AvgIpc) is 2.42. The molecule has 3 rings (SSSR count). The second kappa shape index (κ2) is 5.40. The summed E-state index contributed by atoms with van der Waals surface area (Å²) in [6, 6.07) is 11.5. The summed E-state index contributed by atoms with van der Waals surface area (Å²) in [5, 5.41) is 2.65. The summed E-state index contributed by atoms with van der Waals surface area (Å²) >= 11 is 9.82. The van der Waals surface area contributed by atoms with E-state index in [4.69, 9.17) is 11.6 Å². The summed E-state index contributed by atoms with van der Waals surface area (Å²) in [5.41, 5.74) is 0.0670. The highest BCUT2D eigenvalue weighted by atomic mass is 35.5. The number of hydrogen-bond donors (Lipinski definition) is 0. The van der Waals surface area contributed by atoms with Crippen LogP contribution in [0.2, 0.25) is 5.02 Å². The number of halogens is 1. The molecule has 0 saturated carbocycles. The second-order valence-electron chi connectivity index (χ2n) is 4.85. The minimum Gasteiger partial charge on any atom is -0.289 e. The summed E-state index contributed by atoms with van der Waals surface area (Å²) in [5.74, 6) is 0. The zero-order valence-corrected chi connectivity index (χ0v) is 13.5. The molecule has 0 fully saturated rings. The van der Waals surface area contributed by atoms with Gasteiger partial charge in [0.2, 0.25) is 0 Å². The Labute approximate surface area is 130 Å². The van der Waals surface area contributed by atoms with Crippen molar-refractivity contribution in [2.24, 2.45) is 0 Å². The molecule has 0 N–H and O–H groups in total. The van der Waals surface area contributed by atoms with Crippen molar-refractivity contribution in [2.75, 3.05) is 0 Å². The third-order valence-electron chi connectivity index (χ3n) is 3.01. The van der Waals surface area contributed by atoms with Crippen LogP contribution in [-0.2, 0) is 0 Å². The fraction of sp³-hybridized carbons (Fsp3) is 0.188. The van der Waals surface area contributed by atoms with Gasteiger partial charge in [0.25, 0.3) is 0 Å². The average molecular weight is 321 g/mol. The van der Waals surface area contributed by atoms with Crippen molar-refractivity contribution in [3.05, 3.63) is 51.6 Å². The standard InChI is InChI=1S/C16H13ClOS2/c1-9(2)19-13-8-7-11-15(18)10-5-3-4-6-12(10)20-16(11)14(13)17/h3-9H,1-2H3. The quantitative estimate of drug-likeness (QED) is 0.453. The highest BCUT2D eigenvalue weighted by Gasteiger charge is 2.12. The van der Waals surface area contributed by atoms with Crippen molar-refractivity contribution >= 4 is 54.9 Å². The lowest BCUT2D eigenvalue weighted by Gasteiger charge is -2.09. The predicted octanol–water partition coefficient (Wildman–Crippen LogP) is 5.57. The first-order valence-corrected chi connectivity index (χ1v) is 8.46. The Hall–Kier alpha value is -1.03. The molecule has 1 aromatic heterocycles. The molecule has 1 heterocycles. The summed E-state index contributed by atoms with van der Waals surface area (Å²) in [7, 11) is 0. The Morgan fingerprint density at radius 3 is 2.60 bits per heavy atom. The molecule has 20 heavy (non-hydrogen) atoms. The third-order valence-corrected chi connectivity index (χ3v) is 5.90. The third kappa shape index (κ3) is 2.34. The van der Waals surface area contributed by atoms with E-state index in [1.807, 2.05) is 36.4 Å². The van der Waals surface area contributed by atoms with E-state index >= 15 is 0 Å². The van der Waals surface area contributed by atoms with Gasteiger partial charge >= 0.3 is 0 Å². The monoisotopic (exact) mass is 320 g/mol. The molecule has 0 aliphatic rings. The maximum absolute atomic E-state index is 12.5. The van der Waals surface area contributed by atoms with E-state index in [1.54, 1.807) is 23.1 Å². The molecule has 0 radical (unpaired) electrons. The van der Waals surface area contributed by atoms with Crippen LogP contribution in [0.5, 0.6) is 0 Å². The van der Waals surface area contributed by atoms with E-state index in [9.17, 15) is 4.79 Å². The Bertz CT molecular complexity index is 852. The van der Waals surface area contributed by atoms with Crippen molar-refractivity contribution in [3.63, 3.8) is 0 Å². The van der Waals surface area contributed by atoms with Crippen LogP contribution < -0.4 is 5.43 Å². The van der Waals surface area contributed by atoms with Crippen LogP contribution in [0.1, 0.15) is 13.8 Å². The lowest BCUT2D eigenvalue weighted by molar-refractivity contribution is 1.11. The van der Waals surface area contributed by atoms with Crippen LogP contribution in [0.15, 0.2) is 46.1 Å². The van der Waals surface area contributed by atoms with Gasteiger partial charge in [0, 0.05) is 25.6 Å². The lowest BCUT2D eigenvalue weighted by Crippen LogP contribution is -2.01. The van der Waals surface area contributed by atoms with Crippen molar-refractivity contribution in [2.45, 2.75) is 24.0 Å². The van der Waals surface area contributed by atoms with Crippen LogP contribution in [0.25, 0.3) is 20.2 Å². The molecular formula is C16H13ClOS2. The number of thioether (sulfide) groups is 1. The van der Waals surface area contributed by atoms with E-state index in [-0.39, 0.29) is 5.43 Å². The summed E-state index contributed by atoms with van der Waals surface area (Å²) in [4.78, 5) is 13.6. The molecule has 0 bridgehead atoms. The Morgan fingerprint density at radius 1 is 1.10 bits per heavy atom. The first-order valence-electron chi connectivity index (χ1n) is 6.38. The van der Waals surface area contributed by atoms with Gasteiger partial charge in [0.1, 0.15) is 0 Å². The van der Waals surface area contributed by atoms with Crippen LogP contribution >= 0.6 is 34.7 Å². The molecule has 0 aliphatic carbocycles. The van der Waals surface area contributed by atoms with Gasteiger partial charge in [0.15, 0.2) is 5.43 Å². The SMILES string of the molecule is CC(C)Sc1ccc2c(=O)c3ccccc3sc2c1Cl. The van der Waals surface area contributed by atoms with Crippen molar-refractivity contribution in [1.29, 1.82) is 0 Å². The van der Waals surface area contributed by atoms with Gasteiger partial charge < -0.3 is 0 Å². The molecule has 102 valence electrons. The Morgan fingerprint density at radius 2 is 1.85 bits per heavy atom. The molecule has 0 unspecified atom stereocenters. The van der Waals surface area contributed by atoms with E-state index < -0.39 is 0 Å². The maximum Gasteiger partial charge on any atom is 0.195 e. The van der Waals surface area contributed by atoms with Gasteiger partial charge in [0.05, 0.1) is 9.72 Å². The molecule has 0 amide bonds. The van der Waals surface area contributed by atoms with Gasteiger partial charge in [-0.3, -0.25) is 4.79 Å². The van der Waals surface area contributed by atoms with Crippen LogP contribution in [0.4, 0.5) is 0 Å². The Kier molecular flexibility index (Phi) is 3.76. The van der Waals surface area contributed by atoms with E-state index in [0.717, 1.165) is 19.7 Å². The number of hydrogen-bond acceptors (Lipinski definition) is 3. The normalized spacial score (nSPS) is 11.6. The van der Waals surface area contributed by atoms with Gasteiger partial charge in [-0.2, -0.15) is 0 Å². The van der Waals surface area contributed by atoms with Crippen LogP contribution in [-0.4, -0.2) is 5.25 Å². The molecular weight excluding hydrogens is 308 g/mol. The van der Waals surface area contributed by atoms with Crippen molar-refractivity contribution < 1.29 is 0 Å². The predicted molar refractivity (Wildman–Crippen MR) is 91.6 cm³/mol. The molecule has 2 aromatic carbocycles. The van der Waals surface area contributed by atoms with E-state index in [0.29, 0.717) is 15.7 Å². The van der Waals surface area contributed by atoms with E-state index in [2.05, 4.69) is 13.8 Å². The fourth-order valence-corrected chi connectivity index (χ4v) is 4.61. The highest BCUT2D eigenvalue weighted by molar-refractivity contribution is 8.00. The minimum absolute atomic E-state index is 0.0670. The molecule has 4 heteroatoms. The first kappa shape index (κ1) is 13.9. The first-order chi connectivity index (χ1) is 9.58. The second-order valence-corrected chi connectivity index (χ2v) is 7.90. The largest absolute Gasteiger partial charge is 0.289 e. The zero-order valence-electron chi connectivity index (χ0n) is 11.1. The van der Waals surface area contributed by atoms with Crippen LogP contribution in [0.3, 0.4) is 0 Å². The molecule has 0 spiro atoms. The molecule has 0 aliphatic heterocycles.